The molecule has 206 valence electrons. The van der Waals surface area contributed by atoms with Gasteiger partial charge in [0.15, 0.2) is 0 Å². The first-order chi connectivity index (χ1) is 18.7. The molecule has 0 radical (unpaired) electrons. The topological polar surface area (TPSA) is 87.2 Å². The quantitative estimate of drug-likeness (QED) is 0.434. The summed E-state index contributed by atoms with van der Waals surface area (Å²) in [5.74, 6) is -0.184. The Morgan fingerprint density at radius 3 is 2.33 bits per heavy atom. The van der Waals surface area contributed by atoms with Gasteiger partial charge in [0.05, 0.1) is 23.3 Å². The lowest BCUT2D eigenvalue weighted by atomic mass is 9.84. The number of benzene rings is 3. The molecule has 2 heterocycles. The van der Waals surface area contributed by atoms with E-state index in [-0.39, 0.29) is 35.6 Å². The van der Waals surface area contributed by atoms with Gasteiger partial charge in [-0.25, -0.2) is 8.42 Å². The van der Waals surface area contributed by atoms with Gasteiger partial charge in [-0.15, -0.1) is 0 Å². The van der Waals surface area contributed by atoms with Crippen LogP contribution in [0.25, 0.3) is 0 Å². The fourth-order valence-corrected chi connectivity index (χ4v) is 7.67. The number of hydrogen-bond acceptors (Lipinski definition) is 5. The molecule has 10 heteroatoms. The van der Waals surface area contributed by atoms with Crippen LogP contribution in [0.1, 0.15) is 29.5 Å². The maximum atomic E-state index is 13.7. The van der Waals surface area contributed by atoms with Gasteiger partial charge in [-0.2, -0.15) is 4.31 Å². The number of halogens is 2. The average Bonchev–Trinajstić information content (AvgIpc) is 2.93. The smallest absolute Gasteiger partial charge is 0.248 e. The SMILES string of the molecule is O=C(COCC1Cc2ccccc2CN1S(=O)(=O)c1ccc(Cl)cc1Cl)N1CCC(O)(c2ccccc2)CC1. The summed E-state index contributed by atoms with van der Waals surface area (Å²) in [6, 6.07) is 21.0. The van der Waals surface area contributed by atoms with Crippen molar-refractivity contribution in [1.82, 2.24) is 9.21 Å². The zero-order chi connectivity index (χ0) is 27.6. The van der Waals surface area contributed by atoms with Gasteiger partial charge in [-0.1, -0.05) is 77.8 Å². The molecular weight excluding hydrogens is 559 g/mol. The normalized spacial score (nSPS) is 19.5. The van der Waals surface area contributed by atoms with Crippen LogP contribution in [0.2, 0.25) is 10.0 Å². The summed E-state index contributed by atoms with van der Waals surface area (Å²) in [5.41, 5.74) is 1.86. The summed E-state index contributed by atoms with van der Waals surface area (Å²) in [5, 5.41) is 11.5. The highest BCUT2D eigenvalue weighted by Crippen LogP contribution is 2.34. The first-order valence-electron chi connectivity index (χ1n) is 12.8. The van der Waals surface area contributed by atoms with Crippen molar-refractivity contribution in [1.29, 1.82) is 0 Å². The van der Waals surface area contributed by atoms with Crippen molar-refractivity contribution in [2.24, 2.45) is 0 Å². The molecule has 0 aliphatic carbocycles. The number of amides is 1. The van der Waals surface area contributed by atoms with E-state index in [9.17, 15) is 18.3 Å². The first kappa shape index (κ1) is 28.1. The van der Waals surface area contributed by atoms with Gasteiger partial charge in [0.25, 0.3) is 0 Å². The molecule has 1 N–H and O–H groups in total. The van der Waals surface area contributed by atoms with Gasteiger partial charge < -0.3 is 14.7 Å². The molecule has 0 saturated carbocycles. The summed E-state index contributed by atoms with van der Waals surface area (Å²) in [4.78, 5) is 14.6. The Hall–Kier alpha value is -2.46. The van der Waals surface area contributed by atoms with E-state index in [1.807, 2.05) is 54.6 Å². The Bertz CT molecular complexity index is 1440. The molecule has 1 atom stereocenters. The van der Waals surface area contributed by atoms with Crippen LogP contribution in [-0.4, -0.2) is 61.0 Å². The van der Waals surface area contributed by atoms with Crippen molar-refractivity contribution >= 4 is 39.1 Å². The molecule has 0 spiro atoms. The number of fused-ring (bicyclic) bond motifs is 1. The minimum Gasteiger partial charge on any atom is -0.385 e. The number of likely N-dealkylation sites (tertiary alicyclic amines) is 1. The lowest BCUT2D eigenvalue weighted by Crippen LogP contribution is -2.48. The highest BCUT2D eigenvalue weighted by molar-refractivity contribution is 7.89. The molecule has 3 aromatic carbocycles. The Labute approximate surface area is 239 Å². The van der Waals surface area contributed by atoms with E-state index >= 15 is 0 Å². The molecule has 5 rings (SSSR count). The van der Waals surface area contributed by atoms with Crippen LogP contribution in [0.3, 0.4) is 0 Å². The third-order valence-electron chi connectivity index (χ3n) is 7.58. The predicted molar refractivity (Wildman–Crippen MR) is 150 cm³/mol. The van der Waals surface area contributed by atoms with Crippen LogP contribution in [0, 0.1) is 0 Å². The molecule has 1 fully saturated rings. The van der Waals surface area contributed by atoms with Crippen molar-refractivity contribution in [2.45, 2.75) is 42.3 Å². The number of hydrogen-bond donors (Lipinski definition) is 1. The molecule has 1 amide bonds. The van der Waals surface area contributed by atoms with Crippen LogP contribution < -0.4 is 0 Å². The number of ether oxygens (including phenoxy) is 1. The second-order valence-corrected chi connectivity index (χ2v) is 12.7. The number of carbonyl (C=O) groups is 1. The standard InChI is InChI=1S/C29H30Cl2N2O5S/c30-24-10-11-27(26(31)17-24)39(36,37)33-18-22-7-5-4-6-21(22)16-25(33)19-38-20-28(34)32-14-12-29(35,13-15-32)23-8-2-1-3-9-23/h1-11,17,25,35H,12-16,18-20H2. The Kier molecular flexibility index (Phi) is 8.33. The van der Waals surface area contributed by atoms with Gasteiger partial charge in [-0.3, -0.25) is 4.79 Å². The highest BCUT2D eigenvalue weighted by atomic mass is 35.5. The highest BCUT2D eigenvalue weighted by Gasteiger charge is 2.38. The largest absolute Gasteiger partial charge is 0.385 e. The summed E-state index contributed by atoms with van der Waals surface area (Å²) < 4.78 is 34.6. The fraction of sp³-hybridized carbons (Fsp3) is 0.345. The molecule has 0 bridgehead atoms. The van der Waals surface area contributed by atoms with Gasteiger partial charge >= 0.3 is 0 Å². The van der Waals surface area contributed by atoms with E-state index < -0.39 is 21.7 Å². The van der Waals surface area contributed by atoms with E-state index in [1.165, 1.54) is 22.5 Å². The predicted octanol–water partition coefficient (Wildman–Crippen LogP) is 4.64. The lowest BCUT2D eigenvalue weighted by molar-refractivity contribution is -0.141. The van der Waals surface area contributed by atoms with E-state index in [0.717, 1.165) is 16.7 Å². The Balaban J connectivity index is 1.25. The van der Waals surface area contributed by atoms with Crippen molar-refractivity contribution in [3.05, 3.63) is 99.5 Å². The average molecular weight is 590 g/mol. The molecule has 1 unspecified atom stereocenters. The van der Waals surface area contributed by atoms with E-state index in [4.69, 9.17) is 27.9 Å². The van der Waals surface area contributed by atoms with Crippen molar-refractivity contribution in [3.63, 3.8) is 0 Å². The molecule has 7 nitrogen and oxygen atoms in total. The zero-order valence-corrected chi connectivity index (χ0v) is 23.6. The fourth-order valence-electron chi connectivity index (χ4n) is 5.33. The third kappa shape index (κ3) is 6.01. The third-order valence-corrected chi connectivity index (χ3v) is 10.2. The number of piperidine rings is 1. The van der Waals surface area contributed by atoms with Crippen LogP contribution in [0.4, 0.5) is 0 Å². The second kappa shape index (κ2) is 11.6. The molecule has 1 saturated heterocycles. The second-order valence-electron chi connectivity index (χ2n) is 10.0. The zero-order valence-electron chi connectivity index (χ0n) is 21.3. The van der Waals surface area contributed by atoms with Crippen LogP contribution in [0.15, 0.2) is 77.7 Å². The van der Waals surface area contributed by atoms with E-state index in [0.29, 0.717) is 37.4 Å². The van der Waals surface area contributed by atoms with Gasteiger partial charge in [0.1, 0.15) is 11.5 Å². The first-order valence-corrected chi connectivity index (χ1v) is 15.0. The number of nitrogens with zero attached hydrogens (tertiary/aromatic N) is 2. The molecule has 39 heavy (non-hydrogen) atoms. The van der Waals surface area contributed by atoms with Gasteiger partial charge in [0, 0.05) is 24.7 Å². The summed E-state index contributed by atoms with van der Waals surface area (Å²) in [6.45, 7) is 0.882. The molecule has 2 aliphatic heterocycles. The number of rotatable bonds is 7. The molecule has 2 aliphatic rings. The Morgan fingerprint density at radius 1 is 0.974 bits per heavy atom. The number of sulfonamides is 1. The lowest BCUT2D eigenvalue weighted by Gasteiger charge is -2.39. The van der Waals surface area contributed by atoms with Gasteiger partial charge in [-0.05, 0) is 54.2 Å². The number of carbonyl (C=O) groups excluding carboxylic acids is 1. The minimum absolute atomic E-state index is 0.0201. The van der Waals surface area contributed by atoms with Crippen LogP contribution in [0.5, 0.6) is 0 Å². The van der Waals surface area contributed by atoms with Gasteiger partial charge in [0.2, 0.25) is 15.9 Å². The monoisotopic (exact) mass is 588 g/mol. The van der Waals surface area contributed by atoms with E-state index in [2.05, 4.69) is 0 Å². The summed E-state index contributed by atoms with van der Waals surface area (Å²) in [7, 11) is -3.97. The van der Waals surface area contributed by atoms with Crippen LogP contribution >= 0.6 is 23.2 Å². The maximum absolute atomic E-state index is 13.7. The van der Waals surface area contributed by atoms with E-state index in [1.54, 1.807) is 4.90 Å². The van der Waals surface area contributed by atoms with Crippen molar-refractivity contribution in [3.8, 4) is 0 Å². The van der Waals surface area contributed by atoms with Crippen molar-refractivity contribution < 1.29 is 23.1 Å². The Morgan fingerprint density at radius 2 is 1.64 bits per heavy atom. The minimum atomic E-state index is -3.97. The molecule has 0 aromatic heterocycles. The maximum Gasteiger partial charge on any atom is 0.248 e. The summed E-state index contributed by atoms with van der Waals surface area (Å²) >= 11 is 12.3. The van der Waals surface area contributed by atoms with Crippen LogP contribution in [-0.2, 0) is 38.1 Å². The molecule has 3 aromatic rings. The van der Waals surface area contributed by atoms with Crippen molar-refractivity contribution in [2.75, 3.05) is 26.3 Å². The summed E-state index contributed by atoms with van der Waals surface area (Å²) in [6.07, 6.45) is 1.33. The molecular formula is C29H30Cl2N2O5S. The number of aliphatic hydroxyl groups is 1.